The van der Waals surface area contributed by atoms with Crippen LogP contribution in [0.25, 0.3) is 11.5 Å². The predicted molar refractivity (Wildman–Crippen MR) is 116 cm³/mol. The van der Waals surface area contributed by atoms with Crippen molar-refractivity contribution in [3.63, 3.8) is 0 Å². The Bertz CT molecular complexity index is 1030. The van der Waals surface area contributed by atoms with Crippen LogP contribution in [0.3, 0.4) is 0 Å². The molecule has 1 fully saturated rings. The molecule has 31 heavy (non-hydrogen) atoms. The lowest BCUT2D eigenvalue weighted by molar-refractivity contribution is -0.122. The lowest BCUT2D eigenvalue weighted by atomic mass is 10.2. The molecule has 1 saturated heterocycles. The van der Waals surface area contributed by atoms with E-state index < -0.39 is 0 Å². The molecule has 0 saturated carbocycles. The minimum atomic E-state index is 0.0362. The van der Waals surface area contributed by atoms with Crippen molar-refractivity contribution in [2.75, 3.05) is 39.5 Å². The Hall–Kier alpha value is -2.88. The summed E-state index contributed by atoms with van der Waals surface area (Å²) in [6, 6.07) is 9.54. The Kier molecular flexibility index (Phi) is 5.88. The van der Waals surface area contributed by atoms with Gasteiger partial charge < -0.3 is 19.2 Å². The van der Waals surface area contributed by atoms with Gasteiger partial charge in [-0.2, -0.15) is 0 Å². The first-order chi connectivity index (χ1) is 15.2. The minimum Gasteiger partial charge on any atom is -0.463 e. The monoisotopic (exact) mass is 440 g/mol. The fourth-order valence-corrected chi connectivity index (χ4v) is 4.55. The van der Waals surface area contributed by atoms with Crippen molar-refractivity contribution in [1.82, 2.24) is 20.1 Å². The number of nitrogens with one attached hydrogen (secondary N) is 1. The Morgan fingerprint density at radius 3 is 2.77 bits per heavy atom. The molecule has 3 aromatic rings. The second-order valence-electron chi connectivity index (χ2n) is 7.62. The molecule has 5 rings (SSSR count). The van der Waals surface area contributed by atoms with Crippen molar-refractivity contribution in [3.8, 4) is 23.0 Å². The van der Waals surface area contributed by atoms with Crippen molar-refractivity contribution in [3.05, 3.63) is 52.5 Å². The van der Waals surface area contributed by atoms with Crippen LogP contribution >= 0.6 is 11.3 Å². The number of nitrogens with zero attached hydrogens (tertiary/aromatic N) is 3. The van der Waals surface area contributed by atoms with Gasteiger partial charge in [0.1, 0.15) is 10.7 Å². The van der Waals surface area contributed by atoms with Gasteiger partial charge in [-0.05, 0) is 29.8 Å². The Labute approximate surface area is 184 Å². The molecule has 2 aliphatic rings. The molecular formula is C22H24N4O4S. The summed E-state index contributed by atoms with van der Waals surface area (Å²) in [5.41, 5.74) is 1.89. The quantitative estimate of drug-likeness (QED) is 0.605. The maximum absolute atomic E-state index is 12.4. The number of piperazine rings is 1. The number of ether oxygens (including phenoxy) is 2. The minimum absolute atomic E-state index is 0.0362. The van der Waals surface area contributed by atoms with Crippen LogP contribution in [0.2, 0.25) is 0 Å². The van der Waals surface area contributed by atoms with Crippen LogP contribution in [0.15, 0.2) is 46.4 Å². The average Bonchev–Trinajstić information content (AvgIpc) is 3.54. The number of aromatic nitrogens is 1. The van der Waals surface area contributed by atoms with Gasteiger partial charge in [0, 0.05) is 38.1 Å². The number of carbonyl (C=O) groups is 1. The van der Waals surface area contributed by atoms with Gasteiger partial charge in [-0.1, -0.05) is 6.07 Å². The van der Waals surface area contributed by atoms with Crippen LogP contribution in [0, 0.1) is 0 Å². The second-order valence-corrected chi connectivity index (χ2v) is 8.56. The summed E-state index contributed by atoms with van der Waals surface area (Å²) >= 11 is 1.66. The van der Waals surface area contributed by atoms with Crippen LogP contribution in [0.5, 0.6) is 11.5 Å². The van der Waals surface area contributed by atoms with E-state index in [1.807, 2.05) is 35.7 Å². The molecule has 0 unspecified atom stereocenters. The zero-order chi connectivity index (χ0) is 21.0. The third-order valence-electron chi connectivity index (χ3n) is 5.44. The number of rotatable bonds is 7. The lowest BCUT2D eigenvalue weighted by Crippen LogP contribution is -2.49. The zero-order valence-corrected chi connectivity index (χ0v) is 17.9. The molecule has 2 aliphatic heterocycles. The topological polar surface area (TPSA) is 80.1 Å². The number of amides is 1. The van der Waals surface area contributed by atoms with Crippen molar-refractivity contribution in [2.24, 2.45) is 0 Å². The molecule has 8 nitrogen and oxygen atoms in total. The Balaban J connectivity index is 1.04. The van der Waals surface area contributed by atoms with Gasteiger partial charge in [-0.15, -0.1) is 11.3 Å². The van der Waals surface area contributed by atoms with E-state index >= 15 is 0 Å². The smallest absolute Gasteiger partial charge is 0.234 e. The summed E-state index contributed by atoms with van der Waals surface area (Å²) in [7, 11) is 0. The Morgan fingerprint density at radius 2 is 1.94 bits per heavy atom. The molecular weight excluding hydrogens is 416 g/mol. The summed E-state index contributed by atoms with van der Waals surface area (Å²) in [6.07, 6.45) is 1.67. The van der Waals surface area contributed by atoms with Gasteiger partial charge in [-0.25, -0.2) is 4.98 Å². The first-order valence-electron chi connectivity index (χ1n) is 10.3. The third-order valence-corrected chi connectivity index (χ3v) is 6.28. The molecule has 1 aromatic carbocycles. The predicted octanol–water partition coefficient (Wildman–Crippen LogP) is 2.57. The van der Waals surface area contributed by atoms with Gasteiger partial charge in [0.15, 0.2) is 17.3 Å². The summed E-state index contributed by atoms with van der Waals surface area (Å²) < 4.78 is 16.1. The SMILES string of the molecule is O=C(CN1CCN(Cc2nc(-c3ccco3)cs2)CC1)NCc1ccc2c(c1)OCO2. The largest absolute Gasteiger partial charge is 0.463 e. The molecule has 9 heteroatoms. The molecule has 0 spiro atoms. The van der Waals surface area contributed by atoms with E-state index in [4.69, 9.17) is 13.9 Å². The molecule has 0 aliphatic carbocycles. The maximum atomic E-state index is 12.4. The fourth-order valence-electron chi connectivity index (χ4n) is 3.73. The number of fused-ring (bicyclic) bond motifs is 1. The van der Waals surface area contributed by atoms with Crippen LogP contribution < -0.4 is 14.8 Å². The van der Waals surface area contributed by atoms with Crippen LogP contribution in [0.1, 0.15) is 10.6 Å². The number of carbonyl (C=O) groups excluding carboxylic acids is 1. The van der Waals surface area contributed by atoms with Gasteiger partial charge in [0.2, 0.25) is 12.7 Å². The number of thiazole rings is 1. The third kappa shape index (κ3) is 4.90. The summed E-state index contributed by atoms with van der Waals surface area (Å²) in [6.45, 7) is 5.56. The van der Waals surface area contributed by atoms with E-state index in [0.29, 0.717) is 13.1 Å². The van der Waals surface area contributed by atoms with Gasteiger partial charge in [0.25, 0.3) is 0 Å². The van der Waals surface area contributed by atoms with E-state index in [2.05, 4.69) is 20.1 Å². The van der Waals surface area contributed by atoms with E-state index in [9.17, 15) is 4.79 Å². The lowest BCUT2D eigenvalue weighted by Gasteiger charge is -2.33. The average molecular weight is 441 g/mol. The van der Waals surface area contributed by atoms with Gasteiger partial charge in [-0.3, -0.25) is 14.6 Å². The highest BCUT2D eigenvalue weighted by atomic mass is 32.1. The van der Waals surface area contributed by atoms with Crippen LogP contribution in [-0.2, 0) is 17.9 Å². The van der Waals surface area contributed by atoms with Crippen molar-refractivity contribution >= 4 is 17.2 Å². The summed E-state index contributed by atoms with van der Waals surface area (Å²) in [5, 5.41) is 6.12. The molecule has 1 N–H and O–H groups in total. The van der Waals surface area contributed by atoms with E-state index in [1.54, 1.807) is 17.6 Å². The molecule has 0 atom stereocenters. The highest BCUT2D eigenvalue weighted by molar-refractivity contribution is 7.09. The number of hydrogen-bond donors (Lipinski definition) is 1. The Morgan fingerprint density at radius 1 is 1.10 bits per heavy atom. The van der Waals surface area contributed by atoms with Gasteiger partial charge in [0.05, 0.1) is 19.4 Å². The molecule has 2 aromatic heterocycles. The number of hydrogen-bond acceptors (Lipinski definition) is 8. The first-order valence-corrected chi connectivity index (χ1v) is 11.2. The zero-order valence-electron chi connectivity index (χ0n) is 17.1. The van der Waals surface area contributed by atoms with E-state index in [-0.39, 0.29) is 12.7 Å². The molecule has 0 radical (unpaired) electrons. The van der Waals surface area contributed by atoms with Crippen molar-refractivity contribution in [2.45, 2.75) is 13.1 Å². The van der Waals surface area contributed by atoms with Crippen LogP contribution in [0.4, 0.5) is 0 Å². The van der Waals surface area contributed by atoms with E-state index in [0.717, 1.165) is 66.2 Å². The first kappa shape index (κ1) is 20.0. The molecule has 0 bridgehead atoms. The normalized spacial score (nSPS) is 16.5. The molecule has 162 valence electrons. The maximum Gasteiger partial charge on any atom is 0.234 e. The highest BCUT2D eigenvalue weighted by Crippen LogP contribution is 2.32. The number of furan rings is 1. The number of benzene rings is 1. The van der Waals surface area contributed by atoms with Crippen LogP contribution in [-0.4, -0.2) is 60.2 Å². The van der Waals surface area contributed by atoms with Crippen molar-refractivity contribution in [1.29, 1.82) is 0 Å². The summed E-state index contributed by atoms with van der Waals surface area (Å²) in [4.78, 5) is 21.6. The summed E-state index contributed by atoms with van der Waals surface area (Å²) in [5.74, 6) is 2.33. The molecule has 4 heterocycles. The molecule has 1 amide bonds. The fraction of sp³-hybridized carbons (Fsp3) is 0.364. The van der Waals surface area contributed by atoms with Gasteiger partial charge >= 0.3 is 0 Å². The van der Waals surface area contributed by atoms with E-state index in [1.165, 1.54) is 0 Å². The highest BCUT2D eigenvalue weighted by Gasteiger charge is 2.20. The van der Waals surface area contributed by atoms with Crippen molar-refractivity contribution < 1.29 is 18.7 Å². The standard InChI is InChI=1S/C22H24N4O4S/c27-21(23-11-16-3-4-19-20(10-16)30-15-29-19)12-25-5-7-26(8-6-25)13-22-24-17(14-31-22)18-2-1-9-28-18/h1-4,9-10,14H,5-8,11-13,15H2,(H,23,27). The second kappa shape index (κ2) is 9.09.